The van der Waals surface area contributed by atoms with E-state index < -0.39 is 29.6 Å². The molecule has 1 atom stereocenters. The Kier molecular flexibility index (Phi) is 4.64. The van der Waals surface area contributed by atoms with Crippen molar-refractivity contribution in [2.24, 2.45) is 0 Å². The molecule has 1 N–H and O–H groups in total. The van der Waals surface area contributed by atoms with Crippen LogP contribution in [0.5, 0.6) is 0 Å². The van der Waals surface area contributed by atoms with E-state index in [4.69, 9.17) is 4.74 Å². The van der Waals surface area contributed by atoms with E-state index in [9.17, 15) is 18.4 Å². The second-order valence-electron chi connectivity index (χ2n) is 4.18. The van der Waals surface area contributed by atoms with Crippen LogP contribution < -0.4 is 5.32 Å². The third kappa shape index (κ3) is 3.85. The third-order valence-electron chi connectivity index (χ3n) is 2.60. The average Bonchev–Trinajstić information content (AvgIpc) is 2.97. The van der Waals surface area contributed by atoms with Crippen LogP contribution in [0, 0.1) is 11.6 Å². The van der Waals surface area contributed by atoms with Crippen LogP contribution in [-0.2, 0) is 9.53 Å². The Hall–Kier alpha value is -2.28. The zero-order valence-corrected chi connectivity index (χ0v) is 11.7. The number of thiophene rings is 1. The number of rotatable bonds is 4. The Morgan fingerprint density at radius 2 is 2.00 bits per heavy atom. The van der Waals surface area contributed by atoms with E-state index in [0.717, 1.165) is 12.1 Å². The number of halogens is 2. The maximum Gasteiger partial charge on any atom is 0.339 e. The number of hydrogen-bond donors (Lipinski definition) is 1. The van der Waals surface area contributed by atoms with Crippen LogP contribution >= 0.6 is 11.3 Å². The molecule has 2 aromatic rings. The number of hydrogen-bond acceptors (Lipinski definition) is 4. The van der Waals surface area contributed by atoms with Gasteiger partial charge in [-0.3, -0.25) is 4.79 Å². The number of benzene rings is 1. The largest absolute Gasteiger partial charge is 0.449 e. The number of anilines is 1. The minimum absolute atomic E-state index is 0.0809. The molecular formula is C14H11F2NO3S. The van der Waals surface area contributed by atoms with E-state index in [0.29, 0.717) is 5.56 Å². The molecule has 0 fully saturated rings. The summed E-state index contributed by atoms with van der Waals surface area (Å²) in [7, 11) is 0. The summed E-state index contributed by atoms with van der Waals surface area (Å²) in [6.07, 6.45) is -1.06. The van der Waals surface area contributed by atoms with Gasteiger partial charge in [-0.2, -0.15) is 11.3 Å². The first kappa shape index (κ1) is 15.1. The number of nitrogens with one attached hydrogen (secondary N) is 1. The number of amides is 1. The van der Waals surface area contributed by atoms with Gasteiger partial charge >= 0.3 is 5.97 Å². The lowest BCUT2D eigenvalue weighted by Crippen LogP contribution is -2.29. The molecule has 0 aliphatic rings. The summed E-state index contributed by atoms with van der Waals surface area (Å²) < 4.78 is 30.8. The lowest BCUT2D eigenvalue weighted by Gasteiger charge is -2.13. The van der Waals surface area contributed by atoms with Crippen LogP contribution in [0.1, 0.15) is 17.3 Å². The maximum atomic E-state index is 13.0. The molecule has 7 heteroatoms. The molecule has 1 amide bonds. The predicted molar refractivity (Wildman–Crippen MR) is 74.2 cm³/mol. The van der Waals surface area contributed by atoms with Crippen molar-refractivity contribution in [3.8, 4) is 0 Å². The van der Waals surface area contributed by atoms with Gasteiger partial charge in [0.2, 0.25) is 0 Å². The van der Waals surface area contributed by atoms with Crippen molar-refractivity contribution in [1.29, 1.82) is 0 Å². The second-order valence-corrected chi connectivity index (χ2v) is 4.96. The van der Waals surface area contributed by atoms with Crippen LogP contribution in [0.3, 0.4) is 0 Å². The first-order valence-electron chi connectivity index (χ1n) is 5.96. The van der Waals surface area contributed by atoms with E-state index in [1.54, 1.807) is 16.8 Å². The van der Waals surface area contributed by atoms with E-state index in [1.807, 2.05) is 0 Å². The molecule has 2 rings (SSSR count). The van der Waals surface area contributed by atoms with Gasteiger partial charge in [0.15, 0.2) is 17.7 Å². The first-order valence-corrected chi connectivity index (χ1v) is 6.90. The fourth-order valence-electron chi connectivity index (χ4n) is 1.48. The Morgan fingerprint density at radius 1 is 1.24 bits per heavy atom. The summed E-state index contributed by atoms with van der Waals surface area (Å²) in [6.45, 7) is 1.39. The Bertz CT molecular complexity index is 658. The van der Waals surface area contributed by atoms with Gasteiger partial charge in [-0.15, -0.1) is 0 Å². The molecule has 1 heterocycles. The number of carbonyl (C=O) groups is 2. The average molecular weight is 311 g/mol. The fourth-order valence-corrected chi connectivity index (χ4v) is 2.11. The molecule has 1 aromatic heterocycles. The summed E-state index contributed by atoms with van der Waals surface area (Å²) in [6, 6.07) is 4.53. The molecule has 0 bridgehead atoms. The Balaban J connectivity index is 1.96. The van der Waals surface area contributed by atoms with Gasteiger partial charge < -0.3 is 10.1 Å². The molecule has 4 nitrogen and oxygen atoms in total. The van der Waals surface area contributed by atoms with E-state index in [-0.39, 0.29) is 5.69 Å². The van der Waals surface area contributed by atoms with Gasteiger partial charge in [0, 0.05) is 17.1 Å². The van der Waals surface area contributed by atoms with Gasteiger partial charge in [-0.1, -0.05) is 0 Å². The highest BCUT2D eigenvalue weighted by Crippen LogP contribution is 2.14. The van der Waals surface area contributed by atoms with Crippen molar-refractivity contribution < 1.29 is 23.1 Å². The number of ether oxygens (including phenoxy) is 1. The predicted octanol–water partition coefficient (Wildman–Crippen LogP) is 3.21. The van der Waals surface area contributed by atoms with Gasteiger partial charge in [0.25, 0.3) is 5.91 Å². The molecule has 0 aliphatic heterocycles. The highest BCUT2D eigenvalue weighted by atomic mass is 32.1. The van der Waals surface area contributed by atoms with Crippen molar-refractivity contribution in [3.63, 3.8) is 0 Å². The van der Waals surface area contributed by atoms with E-state index in [1.165, 1.54) is 24.3 Å². The van der Waals surface area contributed by atoms with Gasteiger partial charge in [0.1, 0.15) is 0 Å². The molecule has 1 aromatic carbocycles. The standard InChI is InChI=1S/C14H11F2NO3S/c1-8(20-14(19)9-4-5-21-7-9)13(18)17-10-2-3-11(15)12(16)6-10/h2-8H,1H3,(H,17,18)/t8-/m0/s1. The molecule has 0 spiro atoms. The lowest BCUT2D eigenvalue weighted by molar-refractivity contribution is -0.123. The van der Waals surface area contributed by atoms with E-state index >= 15 is 0 Å². The molecule has 0 aliphatic carbocycles. The highest BCUT2D eigenvalue weighted by Gasteiger charge is 2.19. The summed E-state index contributed by atoms with van der Waals surface area (Å²) in [5.41, 5.74) is 0.435. The van der Waals surface area contributed by atoms with Crippen molar-refractivity contribution in [3.05, 3.63) is 52.2 Å². The second kappa shape index (κ2) is 6.45. The van der Waals surface area contributed by atoms with Crippen LogP contribution in [0.2, 0.25) is 0 Å². The Labute approximate surface area is 123 Å². The van der Waals surface area contributed by atoms with Crippen molar-refractivity contribution in [2.75, 3.05) is 5.32 Å². The van der Waals surface area contributed by atoms with Crippen LogP contribution in [-0.4, -0.2) is 18.0 Å². The third-order valence-corrected chi connectivity index (χ3v) is 3.28. The summed E-state index contributed by atoms with van der Waals surface area (Å²) in [5.74, 6) is -3.34. The van der Waals surface area contributed by atoms with Gasteiger partial charge in [-0.25, -0.2) is 13.6 Å². The summed E-state index contributed by atoms with van der Waals surface area (Å²) in [5, 5.41) is 5.65. The number of esters is 1. The summed E-state index contributed by atoms with van der Waals surface area (Å²) >= 11 is 1.33. The molecule has 0 saturated heterocycles. The van der Waals surface area contributed by atoms with Gasteiger partial charge in [0.05, 0.1) is 5.56 Å². The zero-order chi connectivity index (χ0) is 15.4. The molecule has 0 radical (unpaired) electrons. The first-order chi connectivity index (χ1) is 9.97. The molecule has 0 saturated carbocycles. The maximum absolute atomic E-state index is 13.0. The molecular weight excluding hydrogens is 300 g/mol. The van der Waals surface area contributed by atoms with E-state index in [2.05, 4.69) is 5.32 Å². The van der Waals surface area contributed by atoms with Crippen LogP contribution in [0.25, 0.3) is 0 Å². The van der Waals surface area contributed by atoms with Crippen molar-refractivity contribution in [1.82, 2.24) is 0 Å². The molecule has 0 unspecified atom stereocenters. The van der Waals surface area contributed by atoms with Crippen molar-refractivity contribution in [2.45, 2.75) is 13.0 Å². The monoisotopic (exact) mass is 311 g/mol. The molecule has 110 valence electrons. The van der Waals surface area contributed by atoms with Gasteiger partial charge in [-0.05, 0) is 30.5 Å². The number of carbonyl (C=O) groups excluding carboxylic acids is 2. The Morgan fingerprint density at radius 3 is 2.62 bits per heavy atom. The van der Waals surface area contributed by atoms with Crippen LogP contribution in [0.15, 0.2) is 35.0 Å². The minimum atomic E-state index is -1.07. The zero-order valence-electron chi connectivity index (χ0n) is 10.9. The van der Waals surface area contributed by atoms with Crippen molar-refractivity contribution >= 4 is 28.9 Å². The minimum Gasteiger partial charge on any atom is -0.449 e. The molecule has 21 heavy (non-hydrogen) atoms. The lowest BCUT2D eigenvalue weighted by atomic mass is 10.2. The quantitative estimate of drug-likeness (QED) is 0.882. The normalized spacial score (nSPS) is 11.8. The SMILES string of the molecule is C[C@H](OC(=O)c1ccsc1)C(=O)Nc1ccc(F)c(F)c1. The van der Waals surface area contributed by atoms with Crippen LogP contribution in [0.4, 0.5) is 14.5 Å². The summed E-state index contributed by atoms with van der Waals surface area (Å²) in [4.78, 5) is 23.5. The topological polar surface area (TPSA) is 55.4 Å². The highest BCUT2D eigenvalue weighted by molar-refractivity contribution is 7.08. The fraction of sp³-hybridized carbons (Fsp3) is 0.143. The smallest absolute Gasteiger partial charge is 0.339 e.